The number of nitrogens with one attached hydrogen (secondary N) is 1. The van der Waals surface area contributed by atoms with Crippen molar-refractivity contribution in [2.45, 2.75) is 13.0 Å². The molecule has 0 radical (unpaired) electrons. The number of amides is 1. The minimum atomic E-state index is -0.504. The van der Waals surface area contributed by atoms with Gasteiger partial charge in [0.25, 0.3) is 11.5 Å². The molecule has 1 N–H and O–H groups in total. The zero-order chi connectivity index (χ0) is 19.7. The van der Waals surface area contributed by atoms with Crippen LogP contribution >= 0.6 is 11.3 Å². The molecular formula is C22H19N3O2S. The van der Waals surface area contributed by atoms with E-state index in [0.717, 1.165) is 11.1 Å². The zero-order valence-corrected chi connectivity index (χ0v) is 16.4. The van der Waals surface area contributed by atoms with Crippen LogP contribution in [0.2, 0.25) is 0 Å². The number of allylic oxidation sites excluding steroid dienone is 1. The highest BCUT2D eigenvalue weighted by Crippen LogP contribution is 2.29. The average molecular weight is 389 g/mol. The number of hydrogen-bond donors (Lipinski definition) is 1. The number of aromatic nitrogens is 1. The number of carbonyl (C=O) groups excluding carboxylic acids is 1. The van der Waals surface area contributed by atoms with E-state index in [1.165, 1.54) is 11.3 Å². The lowest BCUT2D eigenvalue weighted by molar-refractivity contribution is -0.117. The Labute approximate surface area is 166 Å². The van der Waals surface area contributed by atoms with Gasteiger partial charge < -0.3 is 5.32 Å². The minimum Gasteiger partial charge on any atom is -0.355 e. The van der Waals surface area contributed by atoms with E-state index in [1.54, 1.807) is 11.6 Å². The molecule has 2 aromatic carbocycles. The monoisotopic (exact) mass is 389 g/mol. The summed E-state index contributed by atoms with van der Waals surface area (Å²) in [4.78, 5) is 31.1. The maximum absolute atomic E-state index is 13.3. The highest BCUT2D eigenvalue weighted by molar-refractivity contribution is 7.07. The van der Waals surface area contributed by atoms with Crippen molar-refractivity contribution >= 4 is 23.3 Å². The van der Waals surface area contributed by atoms with E-state index in [1.807, 2.05) is 73.7 Å². The predicted molar refractivity (Wildman–Crippen MR) is 111 cm³/mol. The minimum absolute atomic E-state index is 0.143. The number of fused-ring (bicyclic) bond motifs is 1. The molecule has 6 heteroatoms. The molecular weight excluding hydrogens is 370 g/mol. The molecule has 1 aliphatic heterocycles. The fourth-order valence-corrected chi connectivity index (χ4v) is 4.44. The summed E-state index contributed by atoms with van der Waals surface area (Å²) in [6.45, 7) is 1.81. The maximum atomic E-state index is 13.3. The van der Waals surface area contributed by atoms with Crippen molar-refractivity contribution in [3.8, 4) is 0 Å². The Hall–Kier alpha value is -3.25. The summed E-state index contributed by atoms with van der Waals surface area (Å²) in [5, 5.41) is 2.69. The summed E-state index contributed by atoms with van der Waals surface area (Å²) in [7, 11) is 1.59. The van der Waals surface area contributed by atoms with E-state index >= 15 is 0 Å². The Kier molecular flexibility index (Phi) is 4.79. The molecule has 0 aliphatic carbocycles. The van der Waals surface area contributed by atoms with E-state index in [9.17, 15) is 9.59 Å². The lowest BCUT2D eigenvalue weighted by Crippen LogP contribution is -2.41. The van der Waals surface area contributed by atoms with Crippen LogP contribution < -0.4 is 20.2 Å². The summed E-state index contributed by atoms with van der Waals surface area (Å²) in [6, 6.07) is 18.8. The van der Waals surface area contributed by atoms with Gasteiger partial charge in [-0.25, -0.2) is 4.99 Å². The molecule has 1 aliphatic rings. The molecule has 0 fully saturated rings. The molecule has 1 atom stereocenters. The van der Waals surface area contributed by atoms with Crippen LogP contribution in [-0.2, 0) is 4.79 Å². The number of likely N-dealkylation sites (N-methyl/N-ethyl adjacent to an activating group) is 1. The van der Waals surface area contributed by atoms with Crippen molar-refractivity contribution in [3.05, 3.63) is 103 Å². The van der Waals surface area contributed by atoms with Crippen LogP contribution in [0.25, 0.3) is 6.08 Å². The van der Waals surface area contributed by atoms with Crippen molar-refractivity contribution in [2.75, 3.05) is 7.05 Å². The molecule has 4 rings (SSSR count). The van der Waals surface area contributed by atoms with E-state index in [4.69, 9.17) is 0 Å². The standard InChI is InChI=1S/C22H19N3O2S/c1-14-18(20(26)23-2)19(16-11-7-4-8-12-16)25-21(27)17(28-22(25)24-14)13-15-9-5-3-6-10-15/h3-13,19H,1-2H3,(H,23,26)/b17-13-/t19-/m0/s1. The smallest absolute Gasteiger partial charge is 0.271 e. The van der Waals surface area contributed by atoms with Crippen LogP contribution in [0.15, 0.2) is 81.7 Å². The van der Waals surface area contributed by atoms with Crippen molar-refractivity contribution < 1.29 is 4.79 Å². The third-order valence-corrected chi connectivity index (χ3v) is 5.69. The number of rotatable bonds is 3. The molecule has 3 aromatic rings. The van der Waals surface area contributed by atoms with Gasteiger partial charge >= 0.3 is 0 Å². The lowest BCUT2D eigenvalue weighted by Gasteiger charge is -2.24. The summed E-state index contributed by atoms with van der Waals surface area (Å²) >= 11 is 1.34. The van der Waals surface area contributed by atoms with E-state index in [-0.39, 0.29) is 11.5 Å². The number of carbonyl (C=O) groups is 1. The predicted octanol–water partition coefficient (Wildman–Crippen LogP) is 1.98. The Morgan fingerprint density at radius 1 is 1.11 bits per heavy atom. The van der Waals surface area contributed by atoms with Crippen molar-refractivity contribution in [1.29, 1.82) is 0 Å². The largest absolute Gasteiger partial charge is 0.355 e. The van der Waals surface area contributed by atoms with Crippen LogP contribution in [0.1, 0.15) is 24.1 Å². The van der Waals surface area contributed by atoms with Crippen LogP contribution in [0.5, 0.6) is 0 Å². The lowest BCUT2D eigenvalue weighted by atomic mass is 9.95. The van der Waals surface area contributed by atoms with Crippen molar-refractivity contribution in [2.24, 2.45) is 4.99 Å². The molecule has 28 heavy (non-hydrogen) atoms. The molecule has 0 unspecified atom stereocenters. The molecule has 0 bridgehead atoms. The first kappa shape index (κ1) is 18.1. The van der Waals surface area contributed by atoms with Gasteiger partial charge in [-0.05, 0) is 24.1 Å². The van der Waals surface area contributed by atoms with Gasteiger partial charge in [0.2, 0.25) is 0 Å². The molecule has 1 aromatic heterocycles. The van der Waals surface area contributed by atoms with Gasteiger partial charge in [0.05, 0.1) is 21.8 Å². The Balaban J connectivity index is 1.99. The van der Waals surface area contributed by atoms with Crippen LogP contribution in [0, 0.1) is 0 Å². The Bertz CT molecular complexity index is 1240. The molecule has 0 spiro atoms. The average Bonchev–Trinajstić information content (AvgIpc) is 3.02. The van der Waals surface area contributed by atoms with Crippen LogP contribution in [-0.4, -0.2) is 17.5 Å². The summed E-state index contributed by atoms with van der Waals surface area (Å²) < 4.78 is 2.23. The quantitative estimate of drug-likeness (QED) is 0.745. The second kappa shape index (κ2) is 7.40. The molecule has 0 saturated carbocycles. The van der Waals surface area contributed by atoms with Crippen molar-refractivity contribution in [1.82, 2.24) is 9.88 Å². The topological polar surface area (TPSA) is 63.5 Å². The van der Waals surface area contributed by atoms with Gasteiger partial charge in [-0.3, -0.25) is 14.2 Å². The van der Waals surface area contributed by atoms with E-state index < -0.39 is 6.04 Å². The molecule has 2 heterocycles. The van der Waals surface area contributed by atoms with E-state index in [2.05, 4.69) is 10.3 Å². The second-order valence-corrected chi connectivity index (χ2v) is 7.49. The summed E-state index contributed by atoms with van der Waals surface area (Å²) in [6.07, 6.45) is 1.87. The normalized spacial score (nSPS) is 16.5. The Morgan fingerprint density at radius 2 is 1.75 bits per heavy atom. The maximum Gasteiger partial charge on any atom is 0.271 e. The third kappa shape index (κ3) is 3.12. The molecule has 0 saturated heterocycles. The van der Waals surface area contributed by atoms with Gasteiger partial charge in [-0.1, -0.05) is 72.0 Å². The van der Waals surface area contributed by atoms with Crippen LogP contribution in [0.4, 0.5) is 0 Å². The summed E-state index contributed by atoms with van der Waals surface area (Å²) in [5.41, 5.74) is 2.80. The number of nitrogens with zero attached hydrogens (tertiary/aromatic N) is 2. The van der Waals surface area contributed by atoms with Gasteiger partial charge in [-0.15, -0.1) is 0 Å². The fraction of sp³-hybridized carbons (Fsp3) is 0.136. The van der Waals surface area contributed by atoms with E-state index in [0.29, 0.717) is 20.6 Å². The van der Waals surface area contributed by atoms with Gasteiger partial charge in [0.1, 0.15) is 0 Å². The highest BCUT2D eigenvalue weighted by Gasteiger charge is 2.31. The molecule has 140 valence electrons. The molecule has 5 nitrogen and oxygen atoms in total. The van der Waals surface area contributed by atoms with Gasteiger partial charge in [-0.2, -0.15) is 0 Å². The SMILES string of the molecule is CNC(=O)C1=C(C)N=c2s/c(=C\c3ccccc3)c(=O)n2[C@H]1c1ccccc1. The molecule has 1 amide bonds. The van der Waals surface area contributed by atoms with Crippen molar-refractivity contribution in [3.63, 3.8) is 0 Å². The number of thiazole rings is 1. The number of hydrogen-bond acceptors (Lipinski definition) is 4. The highest BCUT2D eigenvalue weighted by atomic mass is 32.1. The van der Waals surface area contributed by atoms with Gasteiger partial charge in [0.15, 0.2) is 4.80 Å². The van der Waals surface area contributed by atoms with Gasteiger partial charge in [0, 0.05) is 7.05 Å². The summed E-state index contributed by atoms with van der Waals surface area (Å²) in [5.74, 6) is -0.229. The first-order chi connectivity index (χ1) is 13.6. The van der Waals surface area contributed by atoms with Crippen LogP contribution in [0.3, 0.4) is 0 Å². The third-order valence-electron chi connectivity index (χ3n) is 4.71. The Morgan fingerprint density at radius 3 is 2.39 bits per heavy atom. The first-order valence-electron chi connectivity index (χ1n) is 8.95. The zero-order valence-electron chi connectivity index (χ0n) is 15.5. The first-order valence-corrected chi connectivity index (χ1v) is 9.76. The number of benzene rings is 2. The fourth-order valence-electron chi connectivity index (χ4n) is 3.40. The second-order valence-electron chi connectivity index (χ2n) is 6.48.